The average molecular weight is 338 g/mol. The van der Waals surface area contributed by atoms with Crippen molar-refractivity contribution in [2.45, 2.75) is 32.2 Å². The highest BCUT2D eigenvalue weighted by Crippen LogP contribution is 2.27. The van der Waals surface area contributed by atoms with E-state index in [0.717, 1.165) is 24.1 Å². The van der Waals surface area contributed by atoms with Gasteiger partial charge in [0, 0.05) is 32.2 Å². The summed E-state index contributed by atoms with van der Waals surface area (Å²) in [7, 11) is 1.31. The molecule has 1 aliphatic carbocycles. The van der Waals surface area contributed by atoms with Crippen molar-refractivity contribution in [3.8, 4) is 0 Å². The summed E-state index contributed by atoms with van der Waals surface area (Å²) in [6, 6.07) is 0.544. The summed E-state index contributed by atoms with van der Waals surface area (Å²) >= 11 is 1.29. The topological polar surface area (TPSA) is 74.8 Å². The molecule has 1 saturated carbocycles. The molecule has 2 amide bonds. The second-order valence-corrected chi connectivity index (χ2v) is 7.14. The first-order valence-electron chi connectivity index (χ1n) is 7.94. The van der Waals surface area contributed by atoms with Crippen LogP contribution in [0.25, 0.3) is 0 Å². The number of anilines is 1. The first-order chi connectivity index (χ1) is 11.1. The van der Waals surface area contributed by atoms with Crippen molar-refractivity contribution in [3.63, 3.8) is 0 Å². The van der Waals surface area contributed by atoms with E-state index in [9.17, 15) is 9.59 Å². The number of aromatic nitrogens is 1. The monoisotopic (exact) mass is 338 g/mol. The Morgan fingerprint density at radius 2 is 1.96 bits per heavy atom. The maximum absolute atomic E-state index is 12.4. The van der Waals surface area contributed by atoms with Crippen molar-refractivity contribution >= 4 is 28.3 Å². The highest BCUT2D eigenvalue weighted by molar-refractivity contribution is 7.16. The molecule has 7 nitrogen and oxygen atoms in total. The summed E-state index contributed by atoms with van der Waals surface area (Å²) in [5, 5.41) is 3.99. The fraction of sp³-hybridized carbons (Fsp3) is 0.667. The highest BCUT2D eigenvalue weighted by atomic mass is 32.1. The second kappa shape index (κ2) is 6.84. The number of carbonyl (C=O) groups excluding carboxylic acids is 2. The molecule has 0 unspecified atom stereocenters. The largest absolute Gasteiger partial charge is 0.464 e. The standard InChI is InChI=1S/C15H22N4O3S/c1-10-16-12(14(20)22-2)13(23-10)17-15(21)19-8-6-18(7-9-19)11-4-3-5-11/h11H,3-9H2,1-2H3,(H,17,21). The molecule has 1 N–H and O–H groups in total. The van der Waals surface area contributed by atoms with E-state index >= 15 is 0 Å². The van der Waals surface area contributed by atoms with Crippen LogP contribution in [0.15, 0.2) is 0 Å². The number of esters is 1. The van der Waals surface area contributed by atoms with Crippen LogP contribution >= 0.6 is 11.3 Å². The fourth-order valence-corrected chi connectivity index (χ4v) is 3.76. The van der Waals surface area contributed by atoms with Gasteiger partial charge in [-0.2, -0.15) is 0 Å². The Morgan fingerprint density at radius 3 is 2.52 bits per heavy atom. The van der Waals surface area contributed by atoms with Crippen LogP contribution in [0.5, 0.6) is 0 Å². The Bertz CT molecular complexity index is 592. The minimum Gasteiger partial charge on any atom is -0.464 e. The minimum absolute atomic E-state index is 0.174. The predicted octanol–water partition coefficient (Wildman–Crippen LogP) is 1.94. The van der Waals surface area contributed by atoms with Gasteiger partial charge in [0.05, 0.1) is 12.1 Å². The van der Waals surface area contributed by atoms with E-state index in [2.05, 4.69) is 15.2 Å². The number of carbonyl (C=O) groups is 2. The molecule has 8 heteroatoms. The SMILES string of the molecule is COC(=O)c1nc(C)sc1NC(=O)N1CCN(C2CCC2)CC1. The van der Waals surface area contributed by atoms with Gasteiger partial charge in [-0.1, -0.05) is 6.42 Å². The fourth-order valence-electron chi connectivity index (χ4n) is 2.96. The average Bonchev–Trinajstić information content (AvgIpc) is 2.86. The number of urea groups is 1. The molecule has 3 rings (SSSR count). The van der Waals surface area contributed by atoms with Gasteiger partial charge in [-0.05, 0) is 19.8 Å². The Labute approximate surface area is 139 Å². The third-order valence-electron chi connectivity index (χ3n) is 4.53. The van der Waals surface area contributed by atoms with Crippen LogP contribution in [0.2, 0.25) is 0 Å². The molecule has 0 radical (unpaired) electrons. The molecule has 126 valence electrons. The van der Waals surface area contributed by atoms with Gasteiger partial charge in [0.25, 0.3) is 0 Å². The molecular formula is C15H22N4O3S. The van der Waals surface area contributed by atoms with Crippen LogP contribution in [0.4, 0.5) is 9.80 Å². The Balaban J connectivity index is 1.58. The Hall–Kier alpha value is -1.67. The quantitative estimate of drug-likeness (QED) is 0.853. The number of aryl methyl sites for hydroxylation is 1. The van der Waals surface area contributed by atoms with Crippen molar-refractivity contribution in [3.05, 3.63) is 10.7 Å². The van der Waals surface area contributed by atoms with Crippen LogP contribution in [-0.2, 0) is 4.74 Å². The number of hydrogen-bond donors (Lipinski definition) is 1. The zero-order valence-corrected chi connectivity index (χ0v) is 14.3. The number of hydrogen-bond acceptors (Lipinski definition) is 6. The van der Waals surface area contributed by atoms with Crippen molar-refractivity contribution in [2.75, 3.05) is 38.6 Å². The highest BCUT2D eigenvalue weighted by Gasteiger charge is 2.30. The van der Waals surface area contributed by atoms with Gasteiger partial charge in [0.1, 0.15) is 5.00 Å². The molecule has 1 saturated heterocycles. The molecule has 2 aliphatic rings. The van der Waals surface area contributed by atoms with Crippen molar-refractivity contribution < 1.29 is 14.3 Å². The summed E-state index contributed by atoms with van der Waals surface area (Å²) in [6.45, 7) is 5.07. The Kier molecular flexibility index (Phi) is 4.82. The molecule has 2 fully saturated rings. The first kappa shape index (κ1) is 16.2. The first-order valence-corrected chi connectivity index (χ1v) is 8.76. The maximum Gasteiger partial charge on any atom is 0.359 e. The van der Waals surface area contributed by atoms with Crippen LogP contribution in [0.3, 0.4) is 0 Å². The third kappa shape index (κ3) is 3.48. The number of nitrogens with one attached hydrogen (secondary N) is 1. The number of methoxy groups -OCH3 is 1. The lowest BCUT2D eigenvalue weighted by molar-refractivity contribution is 0.0596. The van der Waals surface area contributed by atoms with Gasteiger partial charge in [0.15, 0.2) is 5.69 Å². The maximum atomic E-state index is 12.4. The van der Waals surface area contributed by atoms with E-state index in [1.165, 1.54) is 37.7 Å². The summed E-state index contributed by atoms with van der Waals surface area (Å²) in [6.07, 6.45) is 3.90. The zero-order chi connectivity index (χ0) is 16.4. The molecule has 1 aromatic rings. The predicted molar refractivity (Wildman–Crippen MR) is 88.0 cm³/mol. The summed E-state index contributed by atoms with van der Waals surface area (Å²) in [5.74, 6) is -0.528. The van der Waals surface area contributed by atoms with Crippen LogP contribution in [0.1, 0.15) is 34.8 Å². The molecule has 0 atom stereocenters. The van der Waals surface area contributed by atoms with E-state index in [1.54, 1.807) is 11.8 Å². The van der Waals surface area contributed by atoms with Gasteiger partial charge in [-0.15, -0.1) is 11.3 Å². The molecule has 1 aliphatic heterocycles. The number of ether oxygens (including phenoxy) is 1. The van der Waals surface area contributed by atoms with Gasteiger partial charge in [0.2, 0.25) is 0 Å². The molecule has 2 heterocycles. The van der Waals surface area contributed by atoms with Gasteiger partial charge >= 0.3 is 12.0 Å². The molecule has 0 aromatic carbocycles. The van der Waals surface area contributed by atoms with Crippen LogP contribution < -0.4 is 5.32 Å². The van der Waals surface area contributed by atoms with E-state index in [0.29, 0.717) is 18.1 Å². The lowest BCUT2D eigenvalue weighted by Gasteiger charge is -2.42. The number of piperazine rings is 1. The normalized spacial score (nSPS) is 19.3. The zero-order valence-electron chi connectivity index (χ0n) is 13.5. The lowest BCUT2D eigenvalue weighted by atomic mass is 9.91. The third-order valence-corrected chi connectivity index (χ3v) is 5.41. The van der Waals surface area contributed by atoms with Crippen LogP contribution in [-0.4, -0.2) is 66.1 Å². The number of rotatable bonds is 3. The molecule has 0 bridgehead atoms. The summed E-state index contributed by atoms with van der Waals surface area (Å²) in [4.78, 5) is 32.5. The molecular weight excluding hydrogens is 316 g/mol. The van der Waals surface area contributed by atoms with E-state index in [4.69, 9.17) is 4.74 Å². The smallest absolute Gasteiger partial charge is 0.359 e. The van der Waals surface area contributed by atoms with Crippen molar-refractivity contribution in [2.24, 2.45) is 0 Å². The number of amides is 2. The number of nitrogens with zero attached hydrogens (tertiary/aromatic N) is 3. The van der Waals surface area contributed by atoms with E-state index in [1.807, 2.05) is 0 Å². The van der Waals surface area contributed by atoms with Gasteiger partial charge in [-0.3, -0.25) is 10.2 Å². The summed E-state index contributed by atoms with van der Waals surface area (Å²) < 4.78 is 4.71. The minimum atomic E-state index is -0.528. The Morgan fingerprint density at radius 1 is 1.26 bits per heavy atom. The van der Waals surface area contributed by atoms with E-state index < -0.39 is 5.97 Å². The molecule has 1 aromatic heterocycles. The lowest BCUT2D eigenvalue weighted by Crippen LogP contribution is -2.54. The van der Waals surface area contributed by atoms with Gasteiger partial charge < -0.3 is 9.64 Å². The molecule has 23 heavy (non-hydrogen) atoms. The van der Waals surface area contributed by atoms with Gasteiger partial charge in [-0.25, -0.2) is 14.6 Å². The second-order valence-electron chi connectivity index (χ2n) is 5.94. The molecule has 0 spiro atoms. The van der Waals surface area contributed by atoms with Crippen molar-refractivity contribution in [1.29, 1.82) is 0 Å². The van der Waals surface area contributed by atoms with Crippen molar-refractivity contribution in [1.82, 2.24) is 14.8 Å². The van der Waals surface area contributed by atoms with Crippen LogP contribution in [0, 0.1) is 6.92 Å². The van der Waals surface area contributed by atoms with E-state index in [-0.39, 0.29) is 11.7 Å². The number of thiazole rings is 1. The summed E-state index contributed by atoms with van der Waals surface area (Å²) in [5.41, 5.74) is 0.177.